The van der Waals surface area contributed by atoms with Crippen molar-refractivity contribution in [3.05, 3.63) is 41.7 Å². The van der Waals surface area contributed by atoms with Crippen molar-refractivity contribution in [1.29, 1.82) is 0 Å². The molecule has 8 heteroatoms. The second kappa shape index (κ2) is 6.62. The molecule has 2 heterocycles. The summed E-state index contributed by atoms with van der Waals surface area (Å²) in [5.41, 5.74) is 5.56. The third-order valence-corrected chi connectivity index (χ3v) is 4.67. The molecule has 0 unspecified atom stereocenters. The van der Waals surface area contributed by atoms with Crippen LogP contribution in [0.2, 0.25) is 0 Å². The monoisotopic (exact) mass is 367 g/mol. The smallest absolute Gasteiger partial charge is 0.267 e. The SMILES string of the molecule is Cc1cc(C)cc(-c2ncn(/C=C\C(=O)NN3CC4(CC4)OCC3=O)n2)c1. The summed E-state index contributed by atoms with van der Waals surface area (Å²) >= 11 is 0. The van der Waals surface area contributed by atoms with E-state index in [1.165, 1.54) is 28.3 Å². The van der Waals surface area contributed by atoms with Gasteiger partial charge < -0.3 is 4.74 Å². The van der Waals surface area contributed by atoms with E-state index in [2.05, 4.69) is 21.6 Å². The Labute approximate surface area is 156 Å². The summed E-state index contributed by atoms with van der Waals surface area (Å²) in [5.74, 6) is -0.0532. The number of hydrogen-bond donors (Lipinski definition) is 1. The maximum absolute atomic E-state index is 12.1. The van der Waals surface area contributed by atoms with Gasteiger partial charge in [0.15, 0.2) is 5.82 Å². The number of nitrogens with one attached hydrogen (secondary N) is 1. The lowest BCUT2D eigenvalue weighted by atomic mass is 10.1. The van der Waals surface area contributed by atoms with E-state index in [9.17, 15) is 9.59 Å². The minimum absolute atomic E-state index is 0.00629. The molecule has 1 aliphatic carbocycles. The number of aryl methyl sites for hydroxylation is 2. The normalized spacial score (nSPS) is 18.3. The number of carbonyl (C=O) groups excluding carboxylic acids is 2. The molecule has 1 aliphatic heterocycles. The van der Waals surface area contributed by atoms with E-state index < -0.39 is 5.91 Å². The Hall–Kier alpha value is -3.00. The number of ether oxygens (including phenoxy) is 1. The summed E-state index contributed by atoms with van der Waals surface area (Å²) in [4.78, 5) is 28.3. The largest absolute Gasteiger partial charge is 0.363 e. The van der Waals surface area contributed by atoms with Crippen LogP contribution in [0, 0.1) is 13.8 Å². The van der Waals surface area contributed by atoms with Crippen molar-refractivity contribution in [2.45, 2.75) is 32.3 Å². The van der Waals surface area contributed by atoms with Gasteiger partial charge in [-0.25, -0.2) is 14.7 Å². The van der Waals surface area contributed by atoms with Crippen LogP contribution in [0.1, 0.15) is 24.0 Å². The molecule has 0 bridgehead atoms. The molecule has 1 aromatic heterocycles. The highest BCUT2D eigenvalue weighted by Crippen LogP contribution is 2.41. The molecule has 1 N–H and O–H groups in total. The predicted octanol–water partition coefficient (Wildman–Crippen LogP) is 1.46. The van der Waals surface area contributed by atoms with Crippen molar-refractivity contribution in [2.75, 3.05) is 13.2 Å². The van der Waals surface area contributed by atoms with Gasteiger partial charge in [-0.05, 0) is 38.8 Å². The van der Waals surface area contributed by atoms with Gasteiger partial charge in [0.2, 0.25) is 0 Å². The zero-order chi connectivity index (χ0) is 19.0. The highest BCUT2D eigenvalue weighted by molar-refractivity contribution is 5.92. The molecule has 4 rings (SSSR count). The zero-order valence-corrected chi connectivity index (χ0v) is 15.3. The quantitative estimate of drug-likeness (QED) is 0.827. The third-order valence-electron chi connectivity index (χ3n) is 4.67. The maximum Gasteiger partial charge on any atom is 0.267 e. The van der Waals surface area contributed by atoms with Crippen LogP contribution in [0.15, 0.2) is 30.6 Å². The molecule has 2 aliphatic rings. The molecule has 27 heavy (non-hydrogen) atoms. The number of carbonyl (C=O) groups is 2. The Bertz CT molecular complexity index is 909. The molecule has 0 radical (unpaired) electrons. The van der Waals surface area contributed by atoms with E-state index in [0.717, 1.165) is 29.5 Å². The summed E-state index contributed by atoms with van der Waals surface area (Å²) in [6.07, 6.45) is 6.20. The fourth-order valence-electron chi connectivity index (χ4n) is 3.16. The summed E-state index contributed by atoms with van der Waals surface area (Å²) in [6.45, 7) is 4.45. The molecular formula is C19H21N5O3. The van der Waals surface area contributed by atoms with E-state index in [4.69, 9.17) is 4.74 Å². The van der Waals surface area contributed by atoms with Gasteiger partial charge in [0, 0.05) is 17.8 Å². The number of morpholine rings is 1. The molecule has 2 amide bonds. The summed E-state index contributed by atoms with van der Waals surface area (Å²) < 4.78 is 6.98. The van der Waals surface area contributed by atoms with Crippen molar-refractivity contribution >= 4 is 18.0 Å². The number of benzene rings is 1. The van der Waals surface area contributed by atoms with E-state index in [0.29, 0.717) is 12.4 Å². The van der Waals surface area contributed by atoms with Gasteiger partial charge in [0.1, 0.15) is 12.9 Å². The molecule has 1 aromatic carbocycles. The standard InChI is InChI=1S/C19H21N5O3/c1-13-7-14(2)9-15(8-13)18-20-12-23(22-18)6-3-16(25)21-24-11-19(4-5-19)27-10-17(24)26/h3,6-9,12H,4-5,10-11H2,1-2H3,(H,21,25)/b6-3-. The second-order valence-corrected chi connectivity index (χ2v) is 7.17. The van der Waals surface area contributed by atoms with Gasteiger partial charge in [0.25, 0.3) is 11.8 Å². The first-order valence-electron chi connectivity index (χ1n) is 8.85. The second-order valence-electron chi connectivity index (χ2n) is 7.17. The van der Waals surface area contributed by atoms with Crippen LogP contribution in [-0.4, -0.2) is 50.3 Å². The summed E-state index contributed by atoms with van der Waals surface area (Å²) in [5, 5.41) is 5.71. The number of aromatic nitrogens is 3. The van der Waals surface area contributed by atoms with Crippen molar-refractivity contribution < 1.29 is 14.3 Å². The van der Waals surface area contributed by atoms with Crippen molar-refractivity contribution in [2.24, 2.45) is 0 Å². The summed E-state index contributed by atoms with van der Waals surface area (Å²) in [6, 6.07) is 6.12. The average Bonchev–Trinajstić information content (AvgIpc) is 3.19. The fraction of sp³-hybridized carbons (Fsp3) is 0.368. The van der Waals surface area contributed by atoms with Crippen LogP contribution >= 0.6 is 0 Å². The molecule has 1 spiro atoms. The van der Waals surface area contributed by atoms with Crippen molar-refractivity contribution in [3.63, 3.8) is 0 Å². The molecule has 2 fully saturated rings. The Morgan fingerprint density at radius 3 is 2.70 bits per heavy atom. The van der Waals surface area contributed by atoms with E-state index >= 15 is 0 Å². The lowest BCUT2D eigenvalue weighted by molar-refractivity contribution is -0.159. The van der Waals surface area contributed by atoms with Crippen molar-refractivity contribution in [3.8, 4) is 11.4 Å². The Morgan fingerprint density at radius 1 is 1.26 bits per heavy atom. The van der Waals surface area contributed by atoms with Gasteiger partial charge in [-0.2, -0.15) is 0 Å². The minimum Gasteiger partial charge on any atom is -0.363 e. The summed E-state index contributed by atoms with van der Waals surface area (Å²) in [7, 11) is 0. The van der Waals surface area contributed by atoms with E-state index in [1.807, 2.05) is 26.0 Å². The van der Waals surface area contributed by atoms with Crippen molar-refractivity contribution in [1.82, 2.24) is 25.2 Å². The Morgan fingerprint density at radius 2 is 2.00 bits per heavy atom. The van der Waals surface area contributed by atoms with Gasteiger partial charge in [-0.15, -0.1) is 5.10 Å². The topological polar surface area (TPSA) is 89.4 Å². The number of nitrogens with zero attached hydrogens (tertiary/aromatic N) is 4. The van der Waals surface area contributed by atoms with Gasteiger partial charge >= 0.3 is 0 Å². The lowest BCUT2D eigenvalue weighted by Gasteiger charge is -2.32. The zero-order valence-electron chi connectivity index (χ0n) is 15.3. The molecule has 140 valence electrons. The van der Waals surface area contributed by atoms with Crippen LogP contribution in [0.5, 0.6) is 0 Å². The molecule has 8 nitrogen and oxygen atoms in total. The molecule has 0 atom stereocenters. The van der Waals surface area contributed by atoms with Crippen LogP contribution in [-0.2, 0) is 14.3 Å². The van der Waals surface area contributed by atoms with Crippen LogP contribution < -0.4 is 5.43 Å². The maximum atomic E-state index is 12.1. The number of hydrazine groups is 1. The first-order valence-corrected chi connectivity index (χ1v) is 8.85. The van der Waals surface area contributed by atoms with Crippen LogP contribution in [0.4, 0.5) is 0 Å². The highest BCUT2D eigenvalue weighted by Gasteiger charge is 2.50. The van der Waals surface area contributed by atoms with Gasteiger partial charge in [-0.1, -0.05) is 17.2 Å². The van der Waals surface area contributed by atoms with Crippen LogP contribution in [0.25, 0.3) is 17.6 Å². The highest BCUT2D eigenvalue weighted by atomic mass is 16.5. The first kappa shape index (κ1) is 17.4. The Balaban J connectivity index is 1.40. The number of rotatable bonds is 4. The molecule has 2 aromatic rings. The lowest BCUT2D eigenvalue weighted by Crippen LogP contribution is -2.55. The Kier molecular flexibility index (Phi) is 4.27. The predicted molar refractivity (Wildman–Crippen MR) is 98.0 cm³/mol. The molecule has 1 saturated heterocycles. The van der Waals surface area contributed by atoms with Crippen LogP contribution in [0.3, 0.4) is 0 Å². The van der Waals surface area contributed by atoms with Gasteiger partial charge in [0.05, 0.1) is 12.1 Å². The van der Waals surface area contributed by atoms with E-state index in [1.54, 1.807) is 0 Å². The average molecular weight is 367 g/mol. The molecular weight excluding hydrogens is 346 g/mol. The minimum atomic E-state index is -0.399. The number of amides is 2. The third kappa shape index (κ3) is 3.90. The number of hydrogen-bond acceptors (Lipinski definition) is 5. The molecule has 1 saturated carbocycles. The fourth-order valence-corrected chi connectivity index (χ4v) is 3.16. The van der Waals surface area contributed by atoms with E-state index in [-0.39, 0.29) is 18.1 Å². The van der Waals surface area contributed by atoms with Gasteiger partial charge in [-0.3, -0.25) is 15.0 Å². The first-order chi connectivity index (χ1) is 12.9.